The van der Waals surface area contributed by atoms with Gasteiger partial charge in [-0.2, -0.15) is 0 Å². The van der Waals surface area contributed by atoms with Crippen molar-refractivity contribution in [2.75, 3.05) is 26.3 Å². The summed E-state index contributed by atoms with van der Waals surface area (Å²) in [6.07, 6.45) is -0.375. The van der Waals surface area contributed by atoms with Crippen LogP contribution in [0, 0.1) is 5.82 Å². The predicted octanol–water partition coefficient (Wildman–Crippen LogP) is 1.31. The summed E-state index contributed by atoms with van der Waals surface area (Å²) in [4.78, 5) is 13.6. The van der Waals surface area contributed by atoms with Gasteiger partial charge in [0.05, 0.1) is 24.3 Å². The summed E-state index contributed by atoms with van der Waals surface area (Å²) in [5, 5.41) is 8.99. The molecule has 1 heterocycles. The van der Waals surface area contributed by atoms with E-state index in [2.05, 4.69) is 0 Å². The zero-order valence-corrected chi connectivity index (χ0v) is 10.4. The van der Waals surface area contributed by atoms with Crippen molar-refractivity contribution in [2.45, 2.75) is 6.10 Å². The Hall–Kier alpha value is -1.17. The van der Waals surface area contributed by atoms with Crippen molar-refractivity contribution in [1.29, 1.82) is 0 Å². The molecule has 1 fully saturated rings. The number of halogens is 2. The van der Waals surface area contributed by atoms with Crippen LogP contribution in [0.2, 0.25) is 5.02 Å². The Morgan fingerprint density at radius 3 is 3.06 bits per heavy atom. The Morgan fingerprint density at radius 1 is 1.61 bits per heavy atom. The van der Waals surface area contributed by atoms with Crippen LogP contribution in [0.1, 0.15) is 10.4 Å². The summed E-state index contributed by atoms with van der Waals surface area (Å²) in [7, 11) is 0. The molecule has 1 aromatic rings. The first-order valence-electron chi connectivity index (χ1n) is 5.58. The molecule has 1 amide bonds. The van der Waals surface area contributed by atoms with Gasteiger partial charge in [-0.05, 0) is 18.2 Å². The van der Waals surface area contributed by atoms with Crippen LogP contribution in [0.5, 0.6) is 0 Å². The van der Waals surface area contributed by atoms with Crippen LogP contribution in [-0.2, 0) is 4.74 Å². The van der Waals surface area contributed by atoms with Crippen LogP contribution in [-0.4, -0.2) is 48.3 Å². The van der Waals surface area contributed by atoms with Crippen molar-refractivity contribution in [1.82, 2.24) is 4.90 Å². The number of morpholine rings is 1. The molecule has 6 heteroatoms. The van der Waals surface area contributed by atoms with E-state index in [0.29, 0.717) is 19.7 Å². The van der Waals surface area contributed by atoms with Gasteiger partial charge in [-0.25, -0.2) is 4.39 Å². The van der Waals surface area contributed by atoms with Crippen LogP contribution >= 0.6 is 11.6 Å². The van der Waals surface area contributed by atoms with E-state index in [1.807, 2.05) is 0 Å². The Morgan fingerprint density at radius 2 is 2.39 bits per heavy atom. The van der Waals surface area contributed by atoms with Gasteiger partial charge in [-0.1, -0.05) is 11.6 Å². The van der Waals surface area contributed by atoms with Crippen molar-refractivity contribution < 1.29 is 19.0 Å². The standard InChI is InChI=1S/C12H13ClFNO3/c13-10-2-1-8(5-11(10)14)12(17)15-3-4-18-9(6-15)7-16/h1-2,5,9,16H,3-4,6-7H2. The van der Waals surface area contributed by atoms with Gasteiger partial charge in [0, 0.05) is 18.7 Å². The van der Waals surface area contributed by atoms with E-state index in [-0.39, 0.29) is 29.2 Å². The first kappa shape index (κ1) is 13.3. The van der Waals surface area contributed by atoms with Crippen LogP contribution in [0.3, 0.4) is 0 Å². The SMILES string of the molecule is O=C(c1ccc(Cl)c(F)c1)N1CCOC(CO)C1. The lowest BCUT2D eigenvalue weighted by atomic mass is 10.1. The zero-order chi connectivity index (χ0) is 13.1. The number of ether oxygens (including phenoxy) is 1. The van der Waals surface area contributed by atoms with E-state index in [1.54, 1.807) is 0 Å². The van der Waals surface area contributed by atoms with Gasteiger partial charge in [-0.3, -0.25) is 4.79 Å². The number of aliphatic hydroxyl groups is 1. The lowest BCUT2D eigenvalue weighted by Crippen LogP contribution is -2.46. The first-order valence-corrected chi connectivity index (χ1v) is 5.96. The summed E-state index contributed by atoms with van der Waals surface area (Å²) in [5.74, 6) is -0.901. The first-order chi connectivity index (χ1) is 8.61. The van der Waals surface area contributed by atoms with Crippen molar-refractivity contribution in [3.63, 3.8) is 0 Å². The average molecular weight is 274 g/mol. The highest BCUT2D eigenvalue weighted by Crippen LogP contribution is 2.17. The molecule has 2 rings (SSSR count). The molecule has 0 radical (unpaired) electrons. The molecule has 1 unspecified atom stereocenters. The molecular formula is C12H13ClFNO3. The van der Waals surface area contributed by atoms with Gasteiger partial charge < -0.3 is 14.7 Å². The molecular weight excluding hydrogens is 261 g/mol. The van der Waals surface area contributed by atoms with Gasteiger partial charge in [0.1, 0.15) is 5.82 Å². The second kappa shape index (κ2) is 5.65. The maximum absolute atomic E-state index is 13.3. The van der Waals surface area contributed by atoms with Crippen LogP contribution in [0.4, 0.5) is 4.39 Å². The van der Waals surface area contributed by atoms with Crippen LogP contribution in [0.25, 0.3) is 0 Å². The lowest BCUT2D eigenvalue weighted by Gasteiger charge is -2.32. The van der Waals surface area contributed by atoms with Gasteiger partial charge in [0.2, 0.25) is 0 Å². The zero-order valence-electron chi connectivity index (χ0n) is 9.60. The summed E-state index contributed by atoms with van der Waals surface area (Å²) < 4.78 is 18.5. The van der Waals surface area contributed by atoms with Crippen molar-refractivity contribution in [3.05, 3.63) is 34.6 Å². The molecule has 1 N–H and O–H groups in total. The smallest absolute Gasteiger partial charge is 0.254 e. The highest BCUT2D eigenvalue weighted by molar-refractivity contribution is 6.30. The summed E-state index contributed by atoms with van der Waals surface area (Å²) >= 11 is 5.56. The molecule has 0 saturated carbocycles. The van der Waals surface area contributed by atoms with Crippen LogP contribution in [0.15, 0.2) is 18.2 Å². The number of amides is 1. The molecule has 0 spiro atoms. The number of benzene rings is 1. The molecule has 1 aliphatic heterocycles. The van der Waals surface area contributed by atoms with E-state index >= 15 is 0 Å². The number of carbonyl (C=O) groups excluding carboxylic acids is 1. The monoisotopic (exact) mass is 273 g/mol. The van der Waals surface area contributed by atoms with Gasteiger partial charge >= 0.3 is 0 Å². The second-order valence-electron chi connectivity index (χ2n) is 4.06. The Labute approximate surface area is 109 Å². The third kappa shape index (κ3) is 2.80. The highest BCUT2D eigenvalue weighted by Gasteiger charge is 2.24. The predicted molar refractivity (Wildman–Crippen MR) is 64.1 cm³/mol. The van der Waals surface area contributed by atoms with Gasteiger partial charge in [-0.15, -0.1) is 0 Å². The van der Waals surface area contributed by atoms with Gasteiger partial charge in [0.25, 0.3) is 5.91 Å². The fourth-order valence-electron chi connectivity index (χ4n) is 1.83. The molecule has 1 aromatic carbocycles. The number of carbonyl (C=O) groups is 1. The van der Waals surface area contributed by atoms with Crippen LogP contribution < -0.4 is 0 Å². The summed E-state index contributed by atoms with van der Waals surface area (Å²) in [5.41, 5.74) is 0.246. The minimum atomic E-state index is -0.616. The molecule has 98 valence electrons. The van der Waals surface area contributed by atoms with E-state index in [9.17, 15) is 9.18 Å². The summed E-state index contributed by atoms with van der Waals surface area (Å²) in [6, 6.07) is 3.96. The molecule has 1 aliphatic rings. The topological polar surface area (TPSA) is 49.8 Å². The number of hydrogen-bond donors (Lipinski definition) is 1. The minimum Gasteiger partial charge on any atom is -0.394 e. The van der Waals surface area contributed by atoms with Crippen molar-refractivity contribution in [2.24, 2.45) is 0 Å². The second-order valence-corrected chi connectivity index (χ2v) is 4.46. The molecule has 0 bridgehead atoms. The highest BCUT2D eigenvalue weighted by atomic mass is 35.5. The van der Waals surface area contributed by atoms with E-state index in [0.717, 1.165) is 6.07 Å². The maximum Gasteiger partial charge on any atom is 0.254 e. The van der Waals surface area contributed by atoms with Crippen molar-refractivity contribution >= 4 is 17.5 Å². The Balaban J connectivity index is 2.12. The van der Waals surface area contributed by atoms with E-state index in [1.165, 1.54) is 17.0 Å². The quantitative estimate of drug-likeness (QED) is 0.884. The third-order valence-electron chi connectivity index (χ3n) is 2.80. The average Bonchev–Trinajstić information content (AvgIpc) is 2.41. The molecule has 4 nitrogen and oxygen atoms in total. The fraction of sp³-hybridized carbons (Fsp3) is 0.417. The fourth-order valence-corrected chi connectivity index (χ4v) is 1.94. The van der Waals surface area contributed by atoms with Crippen molar-refractivity contribution in [3.8, 4) is 0 Å². The molecule has 1 saturated heterocycles. The number of aliphatic hydroxyl groups excluding tert-OH is 1. The van der Waals surface area contributed by atoms with E-state index < -0.39 is 5.82 Å². The lowest BCUT2D eigenvalue weighted by molar-refractivity contribution is -0.0447. The molecule has 0 aromatic heterocycles. The number of nitrogens with zero attached hydrogens (tertiary/aromatic N) is 1. The van der Waals surface area contributed by atoms with Gasteiger partial charge in [0.15, 0.2) is 0 Å². The molecule has 18 heavy (non-hydrogen) atoms. The molecule has 1 atom stereocenters. The minimum absolute atomic E-state index is 0.0123. The summed E-state index contributed by atoms with van der Waals surface area (Å²) in [6.45, 7) is 0.963. The van der Waals surface area contributed by atoms with E-state index in [4.69, 9.17) is 21.4 Å². The Kier molecular flexibility index (Phi) is 4.16. The normalized spacial score (nSPS) is 19.9. The third-order valence-corrected chi connectivity index (χ3v) is 3.10. The largest absolute Gasteiger partial charge is 0.394 e. The number of rotatable bonds is 2. The number of hydrogen-bond acceptors (Lipinski definition) is 3. The maximum atomic E-state index is 13.3. The Bertz CT molecular complexity index is 455. The molecule has 0 aliphatic carbocycles.